The number of carbonyl (C=O) groups is 1. The van der Waals surface area contributed by atoms with Crippen molar-refractivity contribution >= 4 is 17.5 Å². The minimum atomic E-state index is -0.187. The molecule has 1 amide bonds. The van der Waals surface area contributed by atoms with Crippen molar-refractivity contribution < 1.29 is 9.53 Å². The highest BCUT2D eigenvalue weighted by Gasteiger charge is 2.08. The molecular weight excluding hydrogens is 312 g/mol. The van der Waals surface area contributed by atoms with Gasteiger partial charge in [0, 0.05) is 6.54 Å². The molecule has 2 aromatic carbocycles. The number of hydrogen-bond acceptors (Lipinski definition) is 3. The van der Waals surface area contributed by atoms with E-state index in [1.54, 1.807) is 6.07 Å². The van der Waals surface area contributed by atoms with Crippen molar-refractivity contribution in [3.63, 3.8) is 0 Å². The highest BCUT2D eigenvalue weighted by atomic mass is 35.5. The van der Waals surface area contributed by atoms with Crippen molar-refractivity contribution in [2.45, 2.75) is 6.92 Å². The van der Waals surface area contributed by atoms with Gasteiger partial charge in [-0.15, -0.1) is 0 Å². The van der Waals surface area contributed by atoms with E-state index in [1.165, 1.54) is 0 Å². The Hall–Kier alpha value is -2.04. The van der Waals surface area contributed by atoms with Crippen LogP contribution >= 0.6 is 11.6 Å². The molecule has 0 aliphatic heterocycles. The fourth-order valence-corrected chi connectivity index (χ4v) is 2.23. The van der Waals surface area contributed by atoms with Crippen LogP contribution in [-0.4, -0.2) is 25.6 Å². The van der Waals surface area contributed by atoms with Crippen molar-refractivity contribution in [1.82, 2.24) is 5.32 Å². The maximum atomic E-state index is 11.7. The smallest absolute Gasteiger partial charge is 0.257 e. The highest BCUT2D eigenvalue weighted by molar-refractivity contribution is 6.32. The third-order valence-electron chi connectivity index (χ3n) is 3.45. The summed E-state index contributed by atoms with van der Waals surface area (Å²) >= 11 is 6.24. The normalized spacial score (nSPS) is 11.8. The zero-order valence-corrected chi connectivity index (χ0v) is 13.8. The van der Waals surface area contributed by atoms with Gasteiger partial charge in [0.05, 0.1) is 5.02 Å². The molecule has 2 aromatic rings. The number of nitrogens with two attached hydrogens (primary N) is 1. The van der Waals surface area contributed by atoms with E-state index in [2.05, 4.69) is 5.32 Å². The zero-order chi connectivity index (χ0) is 16.7. The molecule has 0 spiro atoms. The van der Waals surface area contributed by atoms with Crippen LogP contribution in [0.1, 0.15) is 6.92 Å². The molecule has 0 aliphatic carbocycles. The monoisotopic (exact) mass is 332 g/mol. The van der Waals surface area contributed by atoms with E-state index in [4.69, 9.17) is 22.1 Å². The number of carbonyl (C=O) groups excluding carboxylic acids is 1. The van der Waals surface area contributed by atoms with Gasteiger partial charge in [-0.2, -0.15) is 0 Å². The molecule has 23 heavy (non-hydrogen) atoms. The molecule has 4 nitrogen and oxygen atoms in total. The quantitative estimate of drug-likeness (QED) is 0.819. The molecule has 0 aromatic heterocycles. The van der Waals surface area contributed by atoms with Gasteiger partial charge in [0.15, 0.2) is 6.61 Å². The van der Waals surface area contributed by atoms with Gasteiger partial charge in [-0.25, -0.2) is 0 Å². The average molecular weight is 333 g/mol. The standard InChI is InChI=1S/C18H21ClN2O2/c1-13(10-20)11-21-18(22)12-23-17-8-7-15(9-16(17)19)14-5-3-2-4-6-14/h2-9,13H,10-12,20H2,1H3,(H,21,22). The lowest BCUT2D eigenvalue weighted by Gasteiger charge is -2.12. The van der Waals surface area contributed by atoms with Crippen LogP contribution in [-0.2, 0) is 4.79 Å². The molecule has 2 rings (SSSR count). The first kappa shape index (κ1) is 17.3. The van der Waals surface area contributed by atoms with Crippen molar-refractivity contribution in [3.8, 4) is 16.9 Å². The molecule has 0 radical (unpaired) electrons. The topological polar surface area (TPSA) is 64.3 Å². The number of halogens is 1. The van der Waals surface area contributed by atoms with Crippen molar-refractivity contribution in [2.75, 3.05) is 19.7 Å². The summed E-state index contributed by atoms with van der Waals surface area (Å²) in [5.74, 6) is 0.551. The van der Waals surface area contributed by atoms with Gasteiger partial charge < -0.3 is 15.8 Å². The second kappa shape index (κ2) is 8.56. The molecule has 3 N–H and O–H groups in total. The second-order valence-corrected chi connectivity index (χ2v) is 5.85. The van der Waals surface area contributed by atoms with Crippen LogP contribution in [0.5, 0.6) is 5.75 Å². The van der Waals surface area contributed by atoms with Crippen LogP contribution in [0.4, 0.5) is 0 Å². The third kappa shape index (κ3) is 5.27. The van der Waals surface area contributed by atoms with Crippen LogP contribution in [0.15, 0.2) is 48.5 Å². The fourth-order valence-electron chi connectivity index (χ4n) is 1.99. The summed E-state index contributed by atoms with van der Waals surface area (Å²) in [6, 6.07) is 15.5. The molecule has 1 atom stereocenters. The zero-order valence-electron chi connectivity index (χ0n) is 13.1. The minimum absolute atomic E-state index is 0.0678. The van der Waals surface area contributed by atoms with E-state index in [1.807, 2.05) is 49.4 Å². The van der Waals surface area contributed by atoms with Crippen LogP contribution < -0.4 is 15.8 Å². The first-order chi connectivity index (χ1) is 11.1. The Bertz CT molecular complexity index is 647. The second-order valence-electron chi connectivity index (χ2n) is 5.44. The molecule has 0 bridgehead atoms. The number of rotatable bonds is 7. The number of nitrogens with one attached hydrogen (secondary N) is 1. The molecule has 0 saturated heterocycles. The van der Waals surface area contributed by atoms with E-state index >= 15 is 0 Å². The van der Waals surface area contributed by atoms with Crippen LogP contribution in [0.25, 0.3) is 11.1 Å². The number of benzene rings is 2. The fraction of sp³-hybridized carbons (Fsp3) is 0.278. The van der Waals surface area contributed by atoms with Gasteiger partial charge >= 0.3 is 0 Å². The molecule has 0 saturated carbocycles. The van der Waals surface area contributed by atoms with Crippen LogP contribution in [0.2, 0.25) is 5.02 Å². The van der Waals surface area contributed by atoms with Crippen LogP contribution in [0, 0.1) is 5.92 Å². The summed E-state index contributed by atoms with van der Waals surface area (Å²) in [7, 11) is 0. The Morgan fingerprint density at radius 1 is 1.22 bits per heavy atom. The minimum Gasteiger partial charge on any atom is -0.482 e. The van der Waals surface area contributed by atoms with Crippen molar-refractivity contribution in [2.24, 2.45) is 11.7 Å². The summed E-state index contributed by atoms with van der Waals surface area (Å²) in [6.45, 7) is 2.98. The summed E-state index contributed by atoms with van der Waals surface area (Å²) in [6.07, 6.45) is 0. The van der Waals surface area contributed by atoms with Gasteiger partial charge in [-0.05, 0) is 35.7 Å². The Morgan fingerprint density at radius 2 is 1.96 bits per heavy atom. The molecule has 0 fully saturated rings. The van der Waals surface area contributed by atoms with E-state index in [9.17, 15) is 4.79 Å². The lowest BCUT2D eigenvalue weighted by Crippen LogP contribution is -2.34. The Balaban J connectivity index is 1.93. The molecule has 0 heterocycles. The van der Waals surface area contributed by atoms with Gasteiger partial charge in [0.25, 0.3) is 5.91 Å². The molecule has 5 heteroatoms. The predicted molar refractivity (Wildman–Crippen MR) is 93.6 cm³/mol. The number of amides is 1. The van der Waals surface area contributed by atoms with Gasteiger partial charge in [0.2, 0.25) is 0 Å². The maximum absolute atomic E-state index is 11.7. The predicted octanol–water partition coefficient (Wildman–Crippen LogP) is 3.10. The van der Waals surface area contributed by atoms with Crippen LogP contribution in [0.3, 0.4) is 0 Å². The molecular formula is C18H21ClN2O2. The highest BCUT2D eigenvalue weighted by Crippen LogP contribution is 2.30. The summed E-state index contributed by atoms with van der Waals surface area (Å²) in [4.78, 5) is 11.7. The number of hydrogen-bond donors (Lipinski definition) is 2. The number of ether oxygens (including phenoxy) is 1. The largest absolute Gasteiger partial charge is 0.482 e. The Morgan fingerprint density at radius 3 is 2.61 bits per heavy atom. The van der Waals surface area contributed by atoms with Gasteiger partial charge in [0.1, 0.15) is 5.75 Å². The molecule has 122 valence electrons. The van der Waals surface area contributed by atoms with E-state index < -0.39 is 0 Å². The molecule has 0 aliphatic rings. The Kier molecular flexibility index (Phi) is 6.44. The first-order valence-electron chi connectivity index (χ1n) is 7.54. The SMILES string of the molecule is CC(CN)CNC(=O)COc1ccc(-c2ccccc2)cc1Cl. The van der Waals surface area contributed by atoms with E-state index in [0.29, 0.717) is 23.9 Å². The van der Waals surface area contributed by atoms with Gasteiger partial charge in [-0.3, -0.25) is 4.79 Å². The first-order valence-corrected chi connectivity index (χ1v) is 7.92. The maximum Gasteiger partial charge on any atom is 0.257 e. The molecule has 1 unspecified atom stereocenters. The lowest BCUT2D eigenvalue weighted by molar-refractivity contribution is -0.123. The third-order valence-corrected chi connectivity index (χ3v) is 3.74. The lowest BCUT2D eigenvalue weighted by atomic mass is 10.1. The average Bonchev–Trinajstić information content (AvgIpc) is 2.59. The van der Waals surface area contributed by atoms with E-state index in [-0.39, 0.29) is 18.4 Å². The summed E-state index contributed by atoms with van der Waals surface area (Å²) in [5, 5.41) is 3.25. The van der Waals surface area contributed by atoms with Gasteiger partial charge in [-0.1, -0.05) is 54.9 Å². The summed E-state index contributed by atoms with van der Waals surface area (Å²) < 4.78 is 5.48. The van der Waals surface area contributed by atoms with Crippen molar-refractivity contribution in [1.29, 1.82) is 0 Å². The van der Waals surface area contributed by atoms with E-state index in [0.717, 1.165) is 11.1 Å². The summed E-state index contributed by atoms with van der Waals surface area (Å²) in [5.41, 5.74) is 7.59. The Labute approximate surface area is 141 Å². The van der Waals surface area contributed by atoms with Crippen molar-refractivity contribution in [3.05, 3.63) is 53.6 Å².